The van der Waals surface area contributed by atoms with Crippen LogP contribution in [0, 0.1) is 3.95 Å². The van der Waals surface area contributed by atoms with E-state index in [-0.39, 0.29) is 11.5 Å². The van der Waals surface area contributed by atoms with E-state index in [4.69, 9.17) is 12.2 Å². The summed E-state index contributed by atoms with van der Waals surface area (Å²) in [7, 11) is 0. The maximum Gasteiger partial charge on any atom is 0.269 e. The Morgan fingerprint density at radius 1 is 1.19 bits per heavy atom. The van der Waals surface area contributed by atoms with Crippen molar-refractivity contribution in [1.82, 2.24) is 9.38 Å². The molecule has 2 heterocycles. The maximum absolute atomic E-state index is 12.8. The van der Waals surface area contributed by atoms with Gasteiger partial charge in [-0.3, -0.25) is 14.0 Å². The number of carbonyl (C=O) groups excluding carboxylic acids is 1. The first-order chi connectivity index (χ1) is 12.6. The summed E-state index contributed by atoms with van der Waals surface area (Å²) in [6.45, 7) is 2.08. The standard InChI is InChI=1S/C19H15N3O2S2/c1-2-11-7-9-12(10-8-11)20-18(24)15-16-21-17(23)13-5-3-4-6-14(13)22(16)19(25)26-15/h3-10H,2H2,1H3,(H,20,24)(H,21,23). The second-order valence-electron chi connectivity index (χ2n) is 5.86. The quantitative estimate of drug-likeness (QED) is 0.517. The maximum atomic E-state index is 12.8. The lowest BCUT2D eigenvalue weighted by Gasteiger charge is -2.06. The molecule has 0 atom stereocenters. The number of nitrogens with zero attached hydrogens (tertiary/aromatic N) is 1. The Labute approximate surface area is 157 Å². The number of H-pyrrole nitrogens is 1. The monoisotopic (exact) mass is 381 g/mol. The summed E-state index contributed by atoms with van der Waals surface area (Å²) in [6.07, 6.45) is 0.939. The molecular formula is C19H15N3O2S2. The van der Waals surface area contributed by atoms with Crippen molar-refractivity contribution in [2.45, 2.75) is 13.3 Å². The van der Waals surface area contributed by atoms with Crippen molar-refractivity contribution in [3.63, 3.8) is 0 Å². The number of thiazole rings is 1. The summed E-state index contributed by atoms with van der Waals surface area (Å²) in [5, 5.41) is 3.41. The van der Waals surface area contributed by atoms with Gasteiger partial charge in [0.2, 0.25) is 0 Å². The molecule has 130 valence electrons. The first kappa shape index (κ1) is 16.7. The van der Waals surface area contributed by atoms with Crippen molar-refractivity contribution in [3.05, 3.63) is 73.3 Å². The smallest absolute Gasteiger partial charge is 0.269 e. The molecule has 1 amide bonds. The summed E-state index contributed by atoms with van der Waals surface area (Å²) in [6, 6.07) is 14.9. The van der Waals surface area contributed by atoms with Crippen LogP contribution in [-0.4, -0.2) is 15.3 Å². The van der Waals surface area contributed by atoms with Gasteiger partial charge in [0.15, 0.2) is 3.95 Å². The van der Waals surface area contributed by atoms with E-state index in [0.29, 0.717) is 31.1 Å². The van der Waals surface area contributed by atoms with Gasteiger partial charge in [0, 0.05) is 5.69 Å². The largest absolute Gasteiger partial charge is 0.321 e. The van der Waals surface area contributed by atoms with Crippen LogP contribution in [0.4, 0.5) is 5.69 Å². The van der Waals surface area contributed by atoms with Crippen molar-refractivity contribution in [1.29, 1.82) is 0 Å². The van der Waals surface area contributed by atoms with E-state index < -0.39 is 0 Å². The average molecular weight is 381 g/mol. The molecule has 7 heteroatoms. The number of anilines is 1. The highest BCUT2D eigenvalue weighted by molar-refractivity contribution is 7.73. The third-order valence-corrected chi connectivity index (χ3v) is 5.63. The molecule has 0 spiro atoms. The Morgan fingerprint density at radius 2 is 1.92 bits per heavy atom. The summed E-state index contributed by atoms with van der Waals surface area (Å²) < 4.78 is 2.25. The number of carbonyl (C=O) groups is 1. The number of fused-ring (bicyclic) bond motifs is 3. The van der Waals surface area contributed by atoms with Gasteiger partial charge in [0.1, 0.15) is 10.5 Å². The van der Waals surface area contributed by atoms with E-state index in [1.54, 1.807) is 16.5 Å². The summed E-state index contributed by atoms with van der Waals surface area (Å²) >= 11 is 6.62. The zero-order valence-corrected chi connectivity index (χ0v) is 15.5. The van der Waals surface area contributed by atoms with E-state index >= 15 is 0 Å². The van der Waals surface area contributed by atoms with Crippen molar-refractivity contribution in [2.24, 2.45) is 0 Å². The SMILES string of the molecule is CCc1ccc(NC(=O)c2sc(=S)n3c2[nH]c(=O)c2ccccc23)cc1. The molecule has 26 heavy (non-hydrogen) atoms. The molecular weight excluding hydrogens is 366 g/mol. The molecule has 0 aliphatic heterocycles. The molecule has 2 aromatic carbocycles. The second kappa shape index (κ2) is 6.51. The minimum Gasteiger partial charge on any atom is -0.321 e. The number of aromatic amines is 1. The van der Waals surface area contributed by atoms with Crippen LogP contribution in [0.3, 0.4) is 0 Å². The van der Waals surface area contributed by atoms with Gasteiger partial charge in [-0.05, 0) is 48.5 Å². The topological polar surface area (TPSA) is 66.4 Å². The highest BCUT2D eigenvalue weighted by atomic mass is 32.1. The minimum absolute atomic E-state index is 0.241. The van der Waals surface area contributed by atoms with Crippen molar-refractivity contribution < 1.29 is 4.79 Å². The Balaban J connectivity index is 1.82. The molecule has 0 bridgehead atoms. The fraction of sp³-hybridized carbons (Fsp3) is 0.105. The molecule has 4 rings (SSSR count). The van der Waals surface area contributed by atoms with Gasteiger partial charge in [-0.25, -0.2) is 0 Å². The molecule has 0 saturated heterocycles. The van der Waals surface area contributed by atoms with Crippen LogP contribution in [0.15, 0.2) is 53.3 Å². The average Bonchev–Trinajstić information content (AvgIpc) is 2.99. The zero-order chi connectivity index (χ0) is 18.3. The van der Waals surface area contributed by atoms with Crippen LogP contribution in [-0.2, 0) is 6.42 Å². The summed E-state index contributed by atoms with van der Waals surface area (Å²) in [4.78, 5) is 28.3. The Morgan fingerprint density at radius 3 is 2.65 bits per heavy atom. The van der Waals surface area contributed by atoms with Gasteiger partial charge in [-0.2, -0.15) is 0 Å². The van der Waals surface area contributed by atoms with Crippen LogP contribution in [0.1, 0.15) is 22.2 Å². The number of benzene rings is 2. The van der Waals surface area contributed by atoms with Crippen LogP contribution in [0.5, 0.6) is 0 Å². The number of amides is 1. The number of aryl methyl sites for hydroxylation is 1. The Kier molecular flexibility index (Phi) is 4.18. The Bertz CT molecular complexity index is 1250. The van der Waals surface area contributed by atoms with Gasteiger partial charge in [0.05, 0.1) is 10.9 Å². The highest BCUT2D eigenvalue weighted by Crippen LogP contribution is 2.23. The zero-order valence-electron chi connectivity index (χ0n) is 13.9. The fourth-order valence-corrected chi connectivity index (χ4v) is 4.18. The summed E-state index contributed by atoms with van der Waals surface area (Å²) in [5.74, 6) is -0.293. The number of nitrogens with one attached hydrogen (secondary N) is 2. The predicted molar refractivity (Wildman–Crippen MR) is 108 cm³/mol. The van der Waals surface area contributed by atoms with Crippen LogP contribution in [0.2, 0.25) is 0 Å². The molecule has 0 saturated carbocycles. The number of hydrogen-bond acceptors (Lipinski definition) is 4. The molecule has 2 aromatic heterocycles. The van der Waals surface area contributed by atoms with Crippen LogP contribution < -0.4 is 10.9 Å². The molecule has 0 unspecified atom stereocenters. The normalized spacial score (nSPS) is 11.1. The van der Waals surface area contributed by atoms with Gasteiger partial charge >= 0.3 is 0 Å². The number of hydrogen-bond donors (Lipinski definition) is 2. The third-order valence-electron chi connectivity index (χ3n) is 4.26. The van der Waals surface area contributed by atoms with Crippen molar-refractivity contribution in [3.8, 4) is 0 Å². The van der Waals surface area contributed by atoms with Gasteiger partial charge in [-0.15, -0.1) is 0 Å². The third kappa shape index (κ3) is 2.75. The van der Waals surface area contributed by atoms with Crippen LogP contribution in [0.25, 0.3) is 16.6 Å². The lowest BCUT2D eigenvalue weighted by molar-refractivity contribution is 0.103. The van der Waals surface area contributed by atoms with Crippen molar-refractivity contribution in [2.75, 3.05) is 5.32 Å². The van der Waals surface area contributed by atoms with E-state index in [0.717, 1.165) is 6.42 Å². The van der Waals surface area contributed by atoms with Gasteiger partial charge in [0.25, 0.3) is 11.5 Å². The fourth-order valence-electron chi connectivity index (χ4n) is 2.91. The van der Waals surface area contributed by atoms with Crippen LogP contribution >= 0.6 is 23.6 Å². The number of rotatable bonds is 3. The first-order valence-corrected chi connectivity index (χ1v) is 9.38. The second-order valence-corrected chi connectivity index (χ2v) is 7.50. The van der Waals surface area contributed by atoms with Crippen molar-refractivity contribution >= 4 is 51.7 Å². The minimum atomic E-state index is -0.293. The molecule has 5 nitrogen and oxygen atoms in total. The number of para-hydroxylation sites is 1. The van der Waals surface area contributed by atoms with Gasteiger partial charge < -0.3 is 10.3 Å². The predicted octanol–water partition coefficient (Wildman–Crippen LogP) is 4.39. The highest BCUT2D eigenvalue weighted by Gasteiger charge is 2.18. The Hall–Kier alpha value is -2.77. The molecule has 0 fully saturated rings. The molecule has 0 aliphatic rings. The lowest BCUT2D eigenvalue weighted by atomic mass is 10.1. The van der Waals surface area contributed by atoms with E-state index in [1.807, 2.05) is 36.4 Å². The molecule has 0 radical (unpaired) electrons. The first-order valence-electron chi connectivity index (χ1n) is 8.15. The molecule has 4 aromatic rings. The molecule has 2 N–H and O–H groups in total. The summed E-state index contributed by atoms with van der Waals surface area (Å²) in [5.41, 5.74) is 2.77. The van der Waals surface area contributed by atoms with Gasteiger partial charge in [-0.1, -0.05) is 42.5 Å². The van der Waals surface area contributed by atoms with E-state index in [2.05, 4.69) is 17.2 Å². The molecule has 0 aliphatic carbocycles. The van der Waals surface area contributed by atoms with E-state index in [9.17, 15) is 9.59 Å². The lowest BCUT2D eigenvalue weighted by Crippen LogP contribution is -2.14. The van der Waals surface area contributed by atoms with E-state index in [1.165, 1.54) is 16.9 Å². The number of aromatic nitrogens is 2.